The average Bonchev–Trinajstić information content (AvgIpc) is 3.16. The summed E-state index contributed by atoms with van der Waals surface area (Å²) in [4.78, 5) is 0. The van der Waals surface area contributed by atoms with Crippen LogP contribution in [0.5, 0.6) is 11.5 Å². The van der Waals surface area contributed by atoms with Crippen LogP contribution in [-0.2, 0) is 0 Å². The molecule has 0 aliphatic rings. The number of rotatable bonds is 5. The van der Waals surface area contributed by atoms with Gasteiger partial charge < -0.3 is 9.47 Å². The Morgan fingerprint density at radius 3 is 2.65 bits per heavy atom. The minimum atomic E-state index is 0.615. The van der Waals surface area contributed by atoms with Gasteiger partial charge in [-0.25, -0.2) is 0 Å². The number of hydrazone groups is 1. The molecule has 2 aromatic carbocycles. The molecule has 0 aliphatic heterocycles. The zero-order chi connectivity index (χ0) is 17.9. The van der Waals surface area contributed by atoms with Gasteiger partial charge >= 0.3 is 0 Å². The van der Waals surface area contributed by atoms with Gasteiger partial charge in [0.05, 0.1) is 20.4 Å². The van der Waals surface area contributed by atoms with Crippen LogP contribution in [0.3, 0.4) is 0 Å². The van der Waals surface area contributed by atoms with Crippen molar-refractivity contribution >= 4 is 28.5 Å². The van der Waals surface area contributed by atoms with Crippen LogP contribution in [0, 0.1) is 0 Å². The second-order valence-electron chi connectivity index (χ2n) is 5.48. The summed E-state index contributed by atoms with van der Waals surface area (Å²) in [6.45, 7) is 0. The Labute approximate surface area is 149 Å². The monoisotopic (exact) mass is 348 g/mol. The standard InChI is InChI=1S/C18H16N6O2/c1-25-15-8-7-12(9-16(15)26-2)10-19-21-17-13-5-3-4-6-14(13)18-22-20-11-24(18)23-17/h3-11H,1-2H3,(H,21,23). The summed E-state index contributed by atoms with van der Waals surface area (Å²) in [7, 11) is 3.20. The molecule has 0 fully saturated rings. The van der Waals surface area contributed by atoms with E-state index >= 15 is 0 Å². The lowest BCUT2D eigenvalue weighted by Crippen LogP contribution is -2.00. The summed E-state index contributed by atoms with van der Waals surface area (Å²) < 4.78 is 12.2. The van der Waals surface area contributed by atoms with Gasteiger partial charge in [0.25, 0.3) is 0 Å². The Hall–Kier alpha value is -3.68. The molecule has 2 aromatic heterocycles. The van der Waals surface area contributed by atoms with Crippen LogP contribution in [0.4, 0.5) is 5.82 Å². The average molecular weight is 348 g/mol. The first-order valence-electron chi connectivity index (χ1n) is 7.90. The first-order valence-corrected chi connectivity index (χ1v) is 7.90. The van der Waals surface area contributed by atoms with Crippen LogP contribution in [0.15, 0.2) is 53.9 Å². The lowest BCUT2D eigenvalue weighted by molar-refractivity contribution is 0.355. The largest absolute Gasteiger partial charge is 0.493 e. The van der Waals surface area contributed by atoms with E-state index < -0.39 is 0 Å². The Balaban J connectivity index is 1.66. The molecular formula is C18H16N6O2. The molecule has 130 valence electrons. The molecule has 0 amide bonds. The van der Waals surface area contributed by atoms with Gasteiger partial charge in [0, 0.05) is 10.8 Å². The highest BCUT2D eigenvalue weighted by Crippen LogP contribution is 2.27. The SMILES string of the molecule is COc1ccc(C=NNc2nn3cnnc3c3ccccc23)cc1OC. The minimum Gasteiger partial charge on any atom is -0.493 e. The lowest BCUT2D eigenvalue weighted by Gasteiger charge is -2.08. The van der Waals surface area contributed by atoms with E-state index in [9.17, 15) is 0 Å². The van der Waals surface area contributed by atoms with Gasteiger partial charge in [-0.05, 0) is 23.8 Å². The first-order chi connectivity index (χ1) is 12.8. The molecule has 0 bridgehead atoms. The van der Waals surface area contributed by atoms with Crippen LogP contribution in [-0.4, -0.2) is 40.2 Å². The third-order valence-corrected chi connectivity index (χ3v) is 3.95. The summed E-state index contributed by atoms with van der Waals surface area (Å²) in [6, 6.07) is 13.4. The second-order valence-corrected chi connectivity index (χ2v) is 5.48. The molecule has 2 heterocycles. The predicted molar refractivity (Wildman–Crippen MR) is 99.1 cm³/mol. The Morgan fingerprint density at radius 2 is 1.85 bits per heavy atom. The molecule has 0 atom stereocenters. The maximum absolute atomic E-state index is 5.30. The Kier molecular flexibility index (Phi) is 4.06. The van der Waals surface area contributed by atoms with Crippen molar-refractivity contribution in [2.45, 2.75) is 0 Å². The van der Waals surface area contributed by atoms with E-state index in [0.717, 1.165) is 16.3 Å². The van der Waals surface area contributed by atoms with Crippen molar-refractivity contribution in [3.8, 4) is 11.5 Å². The molecule has 0 radical (unpaired) electrons. The molecule has 0 unspecified atom stereocenters. The molecule has 26 heavy (non-hydrogen) atoms. The van der Waals surface area contributed by atoms with Crippen molar-refractivity contribution in [1.82, 2.24) is 19.8 Å². The van der Waals surface area contributed by atoms with Gasteiger partial charge in [-0.2, -0.15) is 9.62 Å². The zero-order valence-electron chi connectivity index (χ0n) is 14.2. The number of anilines is 1. The van der Waals surface area contributed by atoms with E-state index in [4.69, 9.17) is 9.47 Å². The number of nitrogens with one attached hydrogen (secondary N) is 1. The minimum absolute atomic E-state index is 0.615. The Morgan fingerprint density at radius 1 is 1.04 bits per heavy atom. The van der Waals surface area contributed by atoms with Gasteiger partial charge in [0.15, 0.2) is 23.0 Å². The number of nitrogens with zero attached hydrogens (tertiary/aromatic N) is 5. The molecule has 1 N–H and O–H groups in total. The normalized spacial score (nSPS) is 11.3. The highest BCUT2D eigenvalue weighted by Gasteiger charge is 2.09. The van der Waals surface area contributed by atoms with E-state index in [2.05, 4.69) is 25.8 Å². The van der Waals surface area contributed by atoms with Gasteiger partial charge in [-0.3, -0.25) is 5.43 Å². The predicted octanol–water partition coefficient (Wildman–Crippen LogP) is 2.74. The van der Waals surface area contributed by atoms with Crippen molar-refractivity contribution in [3.63, 3.8) is 0 Å². The summed E-state index contributed by atoms with van der Waals surface area (Å²) in [5.74, 6) is 1.93. The summed E-state index contributed by atoms with van der Waals surface area (Å²) in [5.41, 5.74) is 4.56. The fraction of sp³-hybridized carbons (Fsp3) is 0.111. The summed E-state index contributed by atoms with van der Waals surface area (Å²) in [6.07, 6.45) is 3.25. The fourth-order valence-electron chi connectivity index (χ4n) is 2.71. The molecule has 4 aromatic rings. The molecule has 8 heteroatoms. The van der Waals surface area contributed by atoms with E-state index in [-0.39, 0.29) is 0 Å². The van der Waals surface area contributed by atoms with Crippen LogP contribution in [0.1, 0.15) is 5.56 Å². The number of hydrogen-bond acceptors (Lipinski definition) is 7. The maximum Gasteiger partial charge on any atom is 0.185 e. The maximum atomic E-state index is 5.30. The van der Waals surface area contributed by atoms with Crippen LogP contribution < -0.4 is 14.9 Å². The number of aromatic nitrogens is 4. The van der Waals surface area contributed by atoms with Crippen molar-refractivity contribution < 1.29 is 9.47 Å². The van der Waals surface area contributed by atoms with E-state index in [1.165, 1.54) is 0 Å². The van der Waals surface area contributed by atoms with E-state index in [1.54, 1.807) is 31.3 Å². The second kappa shape index (κ2) is 6.67. The molecular weight excluding hydrogens is 332 g/mol. The zero-order valence-corrected chi connectivity index (χ0v) is 14.2. The molecule has 0 saturated heterocycles. The number of hydrogen-bond donors (Lipinski definition) is 1. The molecule has 0 aliphatic carbocycles. The van der Waals surface area contributed by atoms with Gasteiger partial charge in [-0.15, -0.1) is 15.3 Å². The highest BCUT2D eigenvalue weighted by molar-refractivity contribution is 5.99. The topological polar surface area (TPSA) is 85.9 Å². The summed E-state index contributed by atoms with van der Waals surface area (Å²) >= 11 is 0. The van der Waals surface area contributed by atoms with Crippen LogP contribution in [0.2, 0.25) is 0 Å². The summed E-state index contributed by atoms with van der Waals surface area (Å²) in [5, 5.41) is 18.7. The van der Waals surface area contributed by atoms with Gasteiger partial charge in [-0.1, -0.05) is 24.3 Å². The van der Waals surface area contributed by atoms with Crippen LogP contribution in [0.25, 0.3) is 16.4 Å². The Bertz CT molecular complexity index is 1110. The first kappa shape index (κ1) is 15.8. The van der Waals surface area contributed by atoms with Crippen LogP contribution >= 0.6 is 0 Å². The number of ether oxygens (including phenoxy) is 2. The smallest absolute Gasteiger partial charge is 0.185 e. The molecule has 8 nitrogen and oxygen atoms in total. The third-order valence-electron chi connectivity index (χ3n) is 3.95. The lowest BCUT2D eigenvalue weighted by atomic mass is 10.2. The molecule has 0 saturated carbocycles. The number of benzene rings is 2. The molecule has 0 spiro atoms. The number of methoxy groups -OCH3 is 2. The van der Waals surface area contributed by atoms with Crippen molar-refractivity contribution in [1.29, 1.82) is 0 Å². The van der Waals surface area contributed by atoms with Crippen molar-refractivity contribution in [2.24, 2.45) is 5.10 Å². The van der Waals surface area contributed by atoms with Gasteiger partial charge in [0.1, 0.15) is 6.33 Å². The van der Waals surface area contributed by atoms with Crippen molar-refractivity contribution in [2.75, 3.05) is 19.6 Å². The van der Waals surface area contributed by atoms with Crippen molar-refractivity contribution in [3.05, 3.63) is 54.4 Å². The van der Waals surface area contributed by atoms with Gasteiger partial charge in [0.2, 0.25) is 0 Å². The van der Waals surface area contributed by atoms with E-state index in [1.807, 2.05) is 42.5 Å². The fourth-order valence-corrected chi connectivity index (χ4v) is 2.71. The molecule has 4 rings (SSSR count). The highest BCUT2D eigenvalue weighted by atomic mass is 16.5. The van der Waals surface area contributed by atoms with E-state index in [0.29, 0.717) is 23.0 Å². The quantitative estimate of drug-likeness (QED) is 0.441. The number of fused-ring (bicyclic) bond motifs is 3. The third kappa shape index (κ3) is 2.77.